The van der Waals surface area contributed by atoms with Crippen molar-refractivity contribution in [3.05, 3.63) is 91.0 Å². The maximum absolute atomic E-state index is 13.4. The van der Waals surface area contributed by atoms with E-state index in [0.29, 0.717) is 33.3 Å². The average molecular weight is 536 g/mol. The van der Waals surface area contributed by atoms with E-state index >= 15 is 0 Å². The number of fused-ring (bicyclic) bond motifs is 7. The molecule has 6 rings (SSSR count). The summed E-state index contributed by atoms with van der Waals surface area (Å²) in [4.78, 5) is 21.4. The van der Waals surface area contributed by atoms with E-state index in [1.807, 2.05) is 30.3 Å². The van der Waals surface area contributed by atoms with Gasteiger partial charge in [0.05, 0.1) is 7.11 Å². The van der Waals surface area contributed by atoms with Gasteiger partial charge in [-0.15, -0.1) is 0 Å². The monoisotopic (exact) mass is 535 g/mol. The van der Waals surface area contributed by atoms with Gasteiger partial charge in [0.2, 0.25) is 0 Å². The Morgan fingerprint density at radius 2 is 1.49 bits per heavy atom. The third-order valence-corrected chi connectivity index (χ3v) is 8.58. The van der Waals surface area contributed by atoms with E-state index < -0.39 is 18.2 Å². The number of hydrogen-bond acceptors (Lipinski definition) is 7. The number of rotatable bonds is 4. The zero-order chi connectivity index (χ0) is 25.8. The predicted molar refractivity (Wildman–Crippen MR) is 145 cm³/mol. The molecule has 5 aromatic carbocycles. The van der Waals surface area contributed by atoms with E-state index in [2.05, 4.69) is 4.72 Å². The van der Waals surface area contributed by atoms with Gasteiger partial charge in [-0.2, -0.15) is 0 Å². The summed E-state index contributed by atoms with van der Waals surface area (Å²) in [6.45, 7) is 0. The third-order valence-electron chi connectivity index (χ3n) is 6.25. The molecule has 0 saturated carbocycles. The van der Waals surface area contributed by atoms with Crippen LogP contribution in [0.25, 0.3) is 32.7 Å². The molecule has 37 heavy (non-hydrogen) atoms. The Balaban J connectivity index is 1.62. The van der Waals surface area contributed by atoms with Gasteiger partial charge in [-0.05, 0) is 0 Å². The fourth-order valence-electron chi connectivity index (χ4n) is 4.60. The van der Waals surface area contributed by atoms with Crippen LogP contribution in [0.15, 0.2) is 95.9 Å². The molecule has 1 aliphatic heterocycles. The van der Waals surface area contributed by atoms with Gasteiger partial charge in [-0.1, -0.05) is 0 Å². The van der Waals surface area contributed by atoms with E-state index in [0.717, 1.165) is 10.8 Å². The van der Waals surface area contributed by atoms with Gasteiger partial charge in [-0.3, -0.25) is 0 Å². The van der Waals surface area contributed by atoms with Gasteiger partial charge in [-0.25, -0.2) is 0 Å². The first-order valence-electron chi connectivity index (χ1n) is 11.3. The SMILES string of the molecule is COc1ccc(S(=O)(=O)Nc2cc3c(c4ccccc24)O[PH](O)(O)Oc2ccc4ccccc4c2-3)cc1. The normalized spacial score (nSPS) is 15.0. The Bertz CT molecular complexity index is 1790. The van der Waals surface area contributed by atoms with E-state index in [4.69, 9.17) is 13.8 Å². The van der Waals surface area contributed by atoms with Gasteiger partial charge in [0.1, 0.15) is 0 Å². The van der Waals surface area contributed by atoms with Crippen LogP contribution in [0.1, 0.15) is 0 Å². The van der Waals surface area contributed by atoms with Gasteiger partial charge in [0.15, 0.2) is 0 Å². The van der Waals surface area contributed by atoms with E-state index in [1.165, 1.54) is 19.2 Å². The minimum atomic E-state index is -4.62. The summed E-state index contributed by atoms with van der Waals surface area (Å²) < 4.78 is 45.9. The Hall–Kier alpha value is -3.88. The Morgan fingerprint density at radius 1 is 0.811 bits per heavy atom. The van der Waals surface area contributed by atoms with E-state index in [1.54, 1.807) is 48.5 Å². The predicted octanol–water partition coefficient (Wildman–Crippen LogP) is 5.64. The second-order valence-corrected chi connectivity index (χ2v) is 11.7. The molecule has 10 heteroatoms. The molecule has 0 radical (unpaired) electrons. The first-order chi connectivity index (χ1) is 17.8. The van der Waals surface area contributed by atoms with E-state index in [9.17, 15) is 18.2 Å². The maximum atomic E-state index is 13.4. The summed E-state index contributed by atoms with van der Waals surface area (Å²) in [6, 6.07) is 25.8. The molecule has 8 nitrogen and oxygen atoms in total. The van der Waals surface area contributed by atoms with Crippen molar-refractivity contribution >= 4 is 45.4 Å². The minimum absolute atomic E-state index is 0.0647. The second-order valence-electron chi connectivity index (χ2n) is 8.54. The van der Waals surface area contributed by atoms with Crippen LogP contribution in [-0.2, 0) is 10.0 Å². The molecular formula is C27H22NO7PS. The number of methoxy groups -OCH3 is 1. The van der Waals surface area contributed by atoms with Gasteiger partial charge >= 0.3 is 206 Å². The molecule has 0 atom stereocenters. The van der Waals surface area contributed by atoms with Crippen molar-refractivity contribution in [3.63, 3.8) is 0 Å². The van der Waals surface area contributed by atoms with Crippen molar-refractivity contribution in [1.82, 2.24) is 0 Å². The van der Waals surface area contributed by atoms with Crippen molar-refractivity contribution in [2.24, 2.45) is 0 Å². The molecule has 0 saturated heterocycles. The molecule has 0 fully saturated rings. The van der Waals surface area contributed by atoms with Crippen LogP contribution in [0.2, 0.25) is 0 Å². The number of sulfonamides is 1. The molecule has 3 N–H and O–H groups in total. The second kappa shape index (κ2) is 8.61. The molecule has 0 amide bonds. The number of hydrogen-bond donors (Lipinski definition) is 3. The first-order valence-corrected chi connectivity index (χ1v) is 14.5. The average Bonchev–Trinajstić information content (AvgIpc) is 3.01. The van der Waals surface area contributed by atoms with Gasteiger partial charge in [0.25, 0.3) is 0 Å². The van der Waals surface area contributed by atoms with Crippen LogP contribution in [0.3, 0.4) is 0 Å². The van der Waals surface area contributed by atoms with Crippen molar-refractivity contribution in [2.75, 3.05) is 11.8 Å². The molecular weight excluding hydrogens is 513 g/mol. The topological polar surface area (TPSA) is 114 Å². The van der Waals surface area contributed by atoms with Crippen molar-refractivity contribution in [1.29, 1.82) is 0 Å². The summed E-state index contributed by atoms with van der Waals surface area (Å²) in [6.07, 6.45) is 0. The fraction of sp³-hybridized carbons (Fsp3) is 0.0370. The fourth-order valence-corrected chi connectivity index (χ4v) is 6.65. The molecule has 0 aliphatic carbocycles. The van der Waals surface area contributed by atoms with Crippen LogP contribution in [0, 0.1) is 0 Å². The Labute approximate surface area is 213 Å². The molecule has 0 aromatic heterocycles. The van der Waals surface area contributed by atoms with Crippen molar-refractivity contribution in [2.45, 2.75) is 4.90 Å². The Morgan fingerprint density at radius 3 is 2.22 bits per heavy atom. The molecule has 1 heterocycles. The quantitative estimate of drug-likeness (QED) is 0.255. The van der Waals surface area contributed by atoms with Crippen LogP contribution < -0.4 is 18.5 Å². The van der Waals surface area contributed by atoms with Crippen LogP contribution in [0.5, 0.6) is 17.2 Å². The Kier molecular flexibility index (Phi) is 5.47. The summed E-state index contributed by atoms with van der Waals surface area (Å²) in [5.74, 6) is 0.971. The van der Waals surface area contributed by atoms with Crippen LogP contribution >= 0.6 is 8.17 Å². The van der Waals surface area contributed by atoms with Crippen molar-refractivity contribution < 1.29 is 32.0 Å². The molecule has 1 aliphatic rings. The van der Waals surface area contributed by atoms with E-state index in [-0.39, 0.29) is 16.4 Å². The van der Waals surface area contributed by atoms with Crippen LogP contribution in [0.4, 0.5) is 5.69 Å². The van der Waals surface area contributed by atoms with Crippen molar-refractivity contribution in [3.8, 4) is 28.4 Å². The zero-order valence-corrected chi connectivity index (χ0v) is 21.3. The van der Waals surface area contributed by atoms with Crippen LogP contribution in [-0.4, -0.2) is 25.3 Å². The van der Waals surface area contributed by atoms with Gasteiger partial charge in [0, 0.05) is 0 Å². The third kappa shape index (κ3) is 4.12. The first kappa shape index (κ1) is 23.5. The molecule has 0 unspecified atom stereocenters. The number of nitrogens with one attached hydrogen (secondary N) is 1. The molecule has 0 spiro atoms. The molecule has 0 bridgehead atoms. The molecule has 188 valence electrons. The summed E-state index contributed by atoms with van der Waals surface area (Å²) in [5, 5.41) is 2.70. The van der Waals surface area contributed by atoms with Gasteiger partial charge < -0.3 is 0 Å². The summed E-state index contributed by atoms with van der Waals surface area (Å²) in [5.41, 5.74) is 1.34. The summed E-state index contributed by atoms with van der Waals surface area (Å²) in [7, 11) is -7.09. The number of ether oxygens (including phenoxy) is 1. The molecule has 5 aromatic rings. The number of benzene rings is 5. The zero-order valence-electron chi connectivity index (χ0n) is 19.5. The standard InChI is InChI=1S/C27H22NO7PS/c1-33-18-11-13-19(14-12-18)37(31,32)28-24-16-23-26-20-7-3-2-6-17(20)10-15-25(26)34-36(29,30)35-27(23)22-9-5-4-8-21(22)24/h2-16,28-30,36H,1H3. The number of anilines is 1. The summed E-state index contributed by atoms with van der Waals surface area (Å²) >= 11 is 0.